The van der Waals surface area contributed by atoms with Gasteiger partial charge < -0.3 is 24.1 Å². The van der Waals surface area contributed by atoms with Gasteiger partial charge in [-0.15, -0.1) is 10.2 Å². The normalized spacial score (nSPS) is 11.3. The van der Waals surface area contributed by atoms with Crippen molar-refractivity contribution in [2.75, 3.05) is 14.2 Å². The minimum Gasteiger partial charge on any atom is -0.507 e. The first-order valence-electron chi connectivity index (χ1n) is 8.08. The lowest BCUT2D eigenvalue weighted by Crippen LogP contribution is -1.96. The number of rotatable bonds is 7. The molecule has 3 rings (SSSR count). The molecule has 0 bridgehead atoms. The molecule has 1 aromatic heterocycles. The molecule has 1 heterocycles. The SMILES string of the molecule is COc1cc(OC)cc(-c2nnc(S/C(=C\c3ccc(O)c(Br)c3)C(=O)O)o2)c1. The molecular formula is C19H15BrN2O6S. The topological polar surface area (TPSA) is 115 Å². The fourth-order valence-corrected chi connectivity index (χ4v) is 3.36. The average molecular weight is 479 g/mol. The van der Waals surface area contributed by atoms with Crippen LogP contribution in [0, 0.1) is 0 Å². The van der Waals surface area contributed by atoms with Crippen molar-refractivity contribution in [3.05, 3.63) is 51.3 Å². The number of halogens is 1. The van der Waals surface area contributed by atoms with Gasteiger partial charge in [-0.3, -0.25) is 0 Å². The zero-order valence-corrected chi connectivity index (χ0v) is 17.7. The summed E-state index contributed by atoms with van der Waals surface area (Å²) in [5.74, 6) is 0.206. The molecule has 2 aromatic carbocycles. The number of ether oxygens (including phenoxy) is 2. The Morgan fingerprint density at radius 2 is 1.83 bits per heavy atom. The van der Waals surface area contributed by atoms with Crippen molar-refractivity contribution in [3.63, 3.8) is 0 Å². The lowest BCUT2D eigenvalue weighted by molar-refractivity contribution is -0.131. The van der Waals surface area contributed by atoms with Crippen molar-refractivity contribution in [2.24, 2.45) is 0 Å². The summed E-state index contributed by atoms with van der Waals surface area (Å²) in [5.41, 5.74) is 1.15. The van der Waals surface area contributed by atoms with Gasteiger partial charge in [0.25, 0.3) is 5.22 Å². The molecule has 3 aromatic rings. The Balaban J connectivity index is 1.88. The minimum absolute atomic E-state index is 0.0268. The van der Waals surface area contributed by atoms with Crippen molar-refractivity contribution >= 4 is 39.7 Å². The Bertz CT molecular complexity index is 1060. The fraction of sp³-hybridized carbons (Fsp3) is 0.105. The molecule has 0 aliphatic heterocycles. The first kappa shape index (κ1) is 20.7. The van der Waals surface area contributed by atoms with Crippen LogP contribution in [0.1, 0.15) is 5.56 Å². The molecule has 29 heavy (non-hydrogen) atoms. The van der Waals surface area contributed by atoms with E-state index in [4.69, 9.17) is 13.9 Å². The van der Waals surface area contributed by atoms with E-state index in [0.29, 0.717) is 27.1 Å². The number of aromatic hydroxyl groups is 1. The second kappa shape index (κ2) is 9.01. The van der Waals surface area contributed by atoms with Crippen LogP contribution in [-0.4, -0.2) is 40.6 Å². The van der Waals surface area contributed by atoms with Gasteiger partial charge in [-0.05, 0) is 63.6 Å². The summed E-state index contributed by atoms with van der Waals surface area (Å²) in [7, 11) is 3.05. The van der Waals surface area contributed by atoms with Crippen LogP contribution in [0.15, 0.2) is 55.4 Å². The Morgan fingerprint density at radius 1 is 1.14 bits per heavy atom. The number of aromatic nitrogens is 2. The van der Waals surface area contributed by atoms with E-state index in [9.17, 15) is 15.0 Å². The summed E-state index contributed by atoms with van der Waals surface area (Å²) in [6, 6.07) is 9.75. The Kier molecular flexibility index (Phi) is 6.45. The third-order valence-electron chi connectivity index (χ3n) is 3.68. The summed E-state index contributed by atoms with van der Waals surface area (Å²) in [6.07, 6.45) is 1.44. The second-order valence-corrected chi connectivity index (χ2v) is 7.45. The van der Waals surface area contributed by atoms with Crippen LogP contribution in [0.4, 0.5) is 0 Å². The van der Waals surface area contributed by atoms with Gasteiger partial charge >= 0.3 is 5.97 Å². The molecule has 8 nitrogen and oxygen atoms in total. The van der Waals surface area contributed by atoms with E-state index in [0.717, 1.165) is 11.8 Å². The monoisotopic (exact) mass is 478 g/mol. The summed E-state index contributed by atoms with van der Waals surface area (Å²) >= 11 is 4.02. The molecule has 10 heteroatoms. The van der Waals surface area contributed by atoms with E-state index in [1.165, 1.54) is 26.4 Å². The van der Waals surface area contributed by atoms with Gasteiger partial charge in [0.1, 0.15) is 22.2 Å². The largest absolute Gasteiger partial charge is 0.507 e. The number of hydrogen-bond donors (Lipinski definition) is 2. The van der Waals surface area contributed by atoms with E-state index in [1.807, 2.05) is 0 Å². The van der Waals surface area contributed by atoms with Crippen molar-refractivity contribution in [3.8, 4) is 28.7 Å². The number of benzene rings is 2. The van der Waals surface area contributed by atoms with Crippen LogP contribution in [0.5, 0.6) is 17.2 Å². The predicted octanol–water partition coefficient (Wildman–Crippen LogP) is 4.44. The number of thioether (sulfide) groups is 1. The molecular weight excluding hydrogens is 464 g/mol. The van der Waals surface area contributed by atoms with Crippen LogP contribution >= 0.6 is 27.7 Å². The summed E-state index contributed by atoms with van der Waals surface area (Å²) in [6.45, 7) is 0. The highest BCUT2D eigenvalue weighted by Gasteiger charge is 2.17. The molecule has 0 unspecified atom stereocenters. The van der Waals surface area contributed by atoms with Crippen LogP contribution in [0.25, 0.3) is 17.5 Å². The van der Waals surface area contributed by atoms with Crippen molar-refractivity contribution in [2.45, 2.75) is 5.22 Å². The highest BCUT2D eigenvalue weighted by atomic mass is 79.9. The third kappa shape index (κ3) is 5.09. The van der Waals surface area contributed by atoms with Gasteiger partial charge in [-0.1, -0.05) is 6.07 Å². The summed E-state index contributed by atoms with van der Waals surface area (Å²) < 4.78 is 16.5. The molecule has 0 amide bonds. The fourth-order valence-electron chi connectivity index (χ4n) is 2.29. The van der Waals surface area contributed by atoms with Gasteiger partial charge in [0.15, 0.2) is 0 Å². The van der Waals surface area contributed by atoms with Crippen molar-refractivity contribution in [1.82, 2.24) is 10.2 Å². The molecule has 0 aliphatic rings. The third-order valence-corrected chi connectivity index (χ3v) is 5.17. The number of carbonyl (C=O) groups is 1. The number of methoxy groups -OCH3 is 2. The number of nitrogens with zero attached hydrogens (tertiary/aromatic N) is 2. The summed E-state index contributed by atoms with van der Waals surface area (Å²) in [4.78, 5) is 11.6. The second-order valence-electron chi connectivity index (χ2n) is 5.60. The standard InChI is InChI=1S/C19H15BrN2O6S/c1-26-12-7-11(8-13(9-12)27-2)17-21-22-19(28-17)29-16(18(24)25)6-10-3-4-15(23)14(20)5-10/h3-9,23H,1-2H3,(H,24,25)/b16-6-. The number of aliphatic carboxylic acids is 1. The number of hydrogen-bond acceptors (Lipinski definition) is 8. The van der Waals surface area contributed by atoms with Gasteiger partial charge in [-0.25, -0.2) is 4.79 Å². The molecule has 0 radical (unpaired) electrons. The van der Waals surface area contributed by atoms with Gasteiger partial charge in [-0.2, -0.15) is 0 Å². The lowest BCUT2D eigenvalue weighted by Gasteiger charge is -2.05. The van der Waals surface area contributed by atoms with Crippen LogP contribution < -0.4 is 9.47 Å². The molecule has 0 aliphatic carbocycles. The quantitative estimate of drug-likeness (QED) is 0.375. The number of phenols is 1. The van der Waals surface area contributed by atoms with Crippen LogP contribution in [0.2, 0.25) is 0 Å². The Morgan fingerprint density at radius 3 is 2.41 bits per heavy atom. The van der Waals surface area contributed by atoms with E-state index < -0.39 is 5.97 Å². The van der Waals surface area contributed by atoms with Gasteiger partial charge in [0, 0.05) is 11.6 Å². The lowest BCUT2D eigenvalue weighted by atomic mass is 10.2. The maximum atomic E-state index is 11.6. The number of carboxylic acids is 1. The van der Waals surface area contributed by atoms with Crippen molar-refractivity contribution in [1.29, 1.82) is 0 Å². The summed E-state index contributed by atoms with van der Waals surface area (Å²) in [5, 5.41) is 27.0. The zero-order chi connectivity index (χ0) is 21.0. The molecule has 0 spiro atoms. The predicted molar refractivity (Wildman–Crippen MR) is 110 cm³/mol. The van der Waals surface area contributed by atoms with E-state index in [2.05, 4.69) is 26.1 Å². The molecule has 0 fully saturated rings. The molecule has 2 N–H and O–H groups in total. The maximum Gasteiger partial charge on any atom is 0.342 e. The smallest absolute Gasteiger partial charge is 0.342 e. The van der Waals surface area contributed by atoms with Crippen molar-refractivity contribution < 1.29 is 28.9 Å². The number of carboxylic acid groups (broad SMARTS) is 1. The van der Waals surface area contributed by atoms with Gasteiger partial charge in [0.2, 0.25) is 5.89 Å². The average Bonchev–Trinajstić information content (AvgIpc) is 3.18. The van der Waals surface area contributed by atoms with E-state index >= 15 is 0 Å². The maximum absolute atomic E-state index is 11.6. The first-order valence-corrected chi connectivity index (χ1v) is 9.69. The molecule has 0 saturated carbocycles. The van der Waals surface area contributed by atoms with Crippen LogP contribution in [-0.2, 0) is 4.79 Å². The molecule has 150 valence electrons. The Hall–Kier alpha value is -2.98. The van der Waals surface area contributed by atoms with E-state index in [1.54, 1.807) is 30.3 Å². The Labute approximate surface area is 178 Å². The first-order chi connectivity index (χ1) is 13.9. The zero-order valence-electron chi connectivity index (χ0n) is 15.2. The number of phenolic OH excluding ortho intramolecular Hbond substituents is 1. The highest BCUT2D eigenvalue weighted by Crippen LogP contribution is 2.33. The van der Waals surface area contributed by atoms with Gasteiger partial charge in [0.05, 0.1) is 18.7 Å². The molecule has 0 atom stereocenters. The molecule has 0 saturated heterocycles. The van der Waals surface area contributed by atoms with Crippen LogP contribution in [0.3, 0.4) is 0 Å². The van der Waals surface area contributed by atoms with E-state index in [-0.39, 0.29) is 21.8 Å². The highest BCUT2D eigenvalue weighted by molar-refractivity contribution is 9.10. The minimum atomic E-state index is -1.15.